The van der Waals surface area contributed by atoms with Crippen molar-refractivity contribution < 1.29 is 19.4 Å². The highest BCUT2D eigenvalue weighted by atomic mass is 16.7. The maximum atomic E-state index is 11.8. The number of methoxy groups -OCH3 is 1. The van der Waals surface area contributed by atoms with Crippen LogP contribution in [0.4, 0.5) is 0 Å². The van der Waals surface area contributed by atoms with E-state index in [-0.39, 0.29) is 17.3 Å². The van der Waals surface area contributed by atoms with Crippen molar-refractivity contribution in [1.82, 2.24) is 0 Å². The van der Waals surface area contributed by atoms with E-state index in [2.05, 4.69) is 20.4 Å². The first-order chi connectivity index (χ1) is 9.32. The molecule has 3 rings (SSSR count). The molecule has 0 saturated heterocycles. The molecule has 0 spiro atoms. The van der Waals surface area contributed by atoms with Crippen LogP contribution in [0, 0.1) is 17.3 Å². The first kappa shape index (κ1) is 13.8. The SMILES string of the molecule is C=C1CC[C@@H]2[C@@H](C[C@]3(OC)OC(=O)C=C3C2(C)C)[C@H]1O. The van der Waals surface area contributed by atoms with E-state index in [9.17, 15) is 9.90 Å². The fraction of sp³-hybridized carbons (Fsp3) is 0.688. The lowest BCUT2D eigenvalue weighted by Gasteiger charge is -2.54. The fourth-order valence-corrected chi connectivity index (χ4v) is 4.42. The minimum atomic E-state index is -1.000. The number of aliphatic hydroxyl groups is 1. The van der Waals surface area contributed by atoms with Gasteiger partial charge in [-0.25, -0.2) is 4.79 Å². The fourth-order valence-electron chi connectivity index (χ4n) is 4.42. The summed E-state index contributed by atoms with van der Waals surface area (Å²) in [7, 11) is 1.56. The second kappa shape index (κ2) is 4.18. The van der Waals surface area contributed by atoms with Gasteiger partial charge in [-0.3, -0.25) is 0 Å². The van der Waals surface area contributed by atoms with Gasteiger partial charge in [0, 0.05) is 25.2 Å². The van der Waals surface area contributed by atoms with E-state index in [0.29, 0.717) is 12.3 Å². The Balaban J connectivity index is 2.07. The molecule has 2 fully saturated rings. The second-order valence-electron chi connectivity index (χ2n) is 6.77. The summed E-state index contributed by atoms with van der Waals surface area (Å²) in [5.74, 6) is -1.01. The molecular weight excluding hydrogens is 256 g/mol. The number of hydrogen-bond acceptors (Lipinski definition) is 4. The molecule has 110 valence electrons. The van der Waals surface area contributed by atoms with Crippen LogP contribution in [0.3, 0.4) is 0 Å². The maximum absolute atomic E-state index is 11.8. The van der Waals surface area contributed by atoms with Gasteiger partial charge in [0.1, 0.15) is 0 Å². The molecule has 0 aromatic heterocycles. The van der Waals surface area contributed by atoms with E-state index in [1.165, 1.54) is 0 Å². The van der Waals surface area contributed by atoms with Gasteiger partial charge in [0.25, 0.3) is 0 Å². The second-order valence-corrected chi connectivity index (χ2v) is 6.77. The van der Waals surface area contributed by atoms with Crippen LogP contribution in [-0.2, 0) is 14.3 Å². The number of rotatable bonds is 1. The summed E-state index contributed by atoms with van der Waals surface area (Å²) in [5, 5.41) is 10.5. The van der Waals surface area contributed by atoms with Crippen LogP contribution >= 0.6 is 0 Å². The van der Waals surface area contributed by atoms with Crippen LogP contribution in [0.2, 0.25) is 0 Å². The zero-order valence-corrected chi connectivity index (χ0v) is 12.3. The zero-order valence-electron chi connectivity index (χ0n) is 12.3. The molecular formula is C16H22O4. The molecule has 0 unspecified atom stereocenters. The van der Waals surface area contributed by atoms with Crippen LogP contribution in [0.1, 0.15) is 33.1 Å². The molecule has 2 aliphatic carbocycles. The average Bonchev–Trinajstić information content (AvgIpc) is 2.73. The molecule has 4 heteroatoms. The van der Waals surface area contributed by atoms with Crippen LogP contribution in [0.25, 0.3) is 0 Å². The number of carbonyl (C=O) groups is 1. The third-order valence-electron chi connectivity index (χ3n) is 5.51. The minimum Gasteiger partial charge on any atom is -0.426 e. The smallest absolute Gasteiger partial charge is 0.333 e. The van der Waals surface area contributed by atoms with Crippen LogP contribution in [0.5, 0.6) is 0 Å². The molecule has 1 heterocycles. The molecule has 20 heavy (non-hydrogen) atoms. The van der Waals surface area contributed by atoms with E-state index in [1.54, 1.807) is 13.2 Å². The van der Waals surface area contributed by atoms with Crippen LogP contribution in [0.15, 0.2) is 23.8 Å². The predicted molar refractivity (Wildman–Crippen MR) is 73.7 cm³/mol. The van der Waals surface area contributed by atoms with Gasteiger partial charge in [-0.1, -0.05) is 20.4 Å². The third-order valence-corrected chi connectivity index (χ3v) is 5.51. The standard InChI is InChI=1S/C16H22O4/c1-9-5-6-11-10(14(9)18)8-16(19-4)12(15(11,2)3)7-13(17)20-16/h7,10-11,14,18H,1,5-6,8H2,2-4H3/t10-,11-,14+,16+/m1/s1. The van der Waals surface area contributed by atoms with Crippen molar-refractivity contribution in [2.45, 2.75) is 45.0 Å². The Bertz CT molecular complexity index is 505. The number of ether oxygens (including phenoxy) is 2. The molecule has 2 saturated carbocycles. The van der Waals surface area contributed by atoms with Crippen molar-refractivity contribution >= 4 is 5.97 Å². The van der Waals surface area contributed by atoms with Gasteiger partial charge < -0.3 is 14.6 Å². The number of carbonyl (C=O) groups excluding carboxylic acids is 1. The molecule has 0 radical (unpaired) electrons. The number of fused-ring (bicyclic) bond motifs is 2. The van der Waals surface area contributed by atoms with Gasteiger partial charge >= 0.3 is 5.97 Å². The Morgan fingerprint density at radius 1 is 1.50 bits per heavy atom. The first-order valence-corrected chi connectivity index (χ1v) is 7.18. The van der Waals surface area contributed by atoms with Gasteiger partial charge in [0.2, 0.25) is 5.79 Å². The molecule has 4 nitrogen and oxygen atoms in total. The predicted octanol–water partition coefficient (Wildman–Crippen LogP) is 2.19. The summed E-state index contributed by atoms with van der Waals surface area (Å²) in [6.07, 6.45) is 3.37. The zero-order chi connectivity index (χ0) is 14.7. The Labute approximate surface area is 119 Å². The van der Waals surface area contributed by atoms with Crippen molar-refractivity contribution in [3.8, 4) is 0 Å². The highest BCUT2D eigenvalue weighted by molar-refractivity contribution is 5.87. The molecule has 3 aliphatic rings. The lowest BCUT2D eigenvalue weighted by Crippen LogP contribution is -2.55. The van der Waals surface area contributed by atoms with Crippen LogP contribution in [-0.4, -0.2) is 30.1 Å². The van der Waals surface area contributed by atoms with E-state index < -0.39 is 11.9 Å². The number of aliphatic hydroxyl groups excluding tert-OH is 1. The van der Waals surface area contributed by atoms with E-state index >= 15 is 0 Å². The summed E-state index contributed by atoms with van der Waals surface area (Å²) in [6.45, 7) is 8.20. The lowest BCUT2D eigenvalue weighted by molar-refractivity contribution is -0.223. The Morgan fingerprint density at radius 3 is 2.85 bits per heavy atom. The van der Waals surface area contributed by atoms with Crippen molar-refractivity contribution in [3.63, 3.8) is 0 Å². The highest BCUT2D eigenvalue weighted by Crippen LogP contribution is 2.59. The number of esters is 1. The number of hydrogen-bond donors (Lipinski definition) is 1. The molecule has 0 aromatic rings. The van der Waals surface area contributed by atoms with Crippen molar-refractivity contribution in [3.05, 3.63) is 23.8 Å². The van der Waals surface area contributed by atoms with Crippen molar-refractivity contribution in [2.75, 3.05) is 7.11 Å². The van der Waals surface area contributed by atoms with Gasteiger partial charge in [-0.15, -0.1) is 0 Å². The summed E-state index contributed by atoms with van der Waals surface area (Å²) in [5.41, 5.74) is 1.57. The molecule has 0 aromatic carbocycles. The van der Waals surface area contributed by atoms with E-state index in [4.69, 9.17) is 9.47 Å². The van der Waals surface area contributed by atoms with Crippen LogP contribution < -0.4 is 0 Å². The molecule has 0 bridgehead atoms. The maximum Gasteiger partial charge on any atom is 0.333 e. The average molecular weight is 278 g/mol. The van der Waals surface area contributed by atoms with Gasteiger partial charge in [0.05, 0.1) is 6.10 Å². The van der Waals surface area contributed by atoms with Gasteiger partial charge in [-0.05, 0) is 35.7 Å². The Morgan fingerprint density at radius 2 is 2.20 bits per heavy atom. The topological polar surface area (TPSA) is 55.8 Å². The third kappa shape index (κ3) is 1.64. The normalized spacial score (nSPS) is 42.6. The first-order valence-electron chi connectivity index (χ1n) is 7.18. The van der Waals surface area contributed by atoms with Crippen molar-refractivity contribution in [2.24, 2.45) is 17.3 Å². The molecule has 1 aliphatic heterocycles. The quantitative estimate of drug-likeness (QED) is 0.590. The summed E-state index contributed by atoms with van der Waals surface area (Å²) in [4.78, 5) is 11.8. The summed E-state index contributed by atoms with van der Waals surface area (Å²) < 4.78 is 11.1. The lowest BCUT2D eigenvalue weighted by atomic mass is 9.54. The van der Waals surface area contributed by atoms with E-state index in [1.807, 2.05) is 0 Å². The van der Waals surface area contributed by atoms with E-state index in [0.717, 1.165) is 24.0 Å². The monoisotopic (exact) mass is 278 g/mol. The molecule has 0 amide bonds. The largest absolute Gasteiger partial charge is 0.426 e. The molecule has 4 atom stereocenters. The van der Waals surface area contributed by atoms with Crippen molar-refractivity contribution in [1.29, 1.82) is 0 Å². The minimum absolute atomic E-state index is 0.0225. The highest BCUT2D eigenvalue weighted by Gasteiger charge is 2.61. The Kier molecular flexibility index (Phi) is 2.89. The molecule has 1 N–H and O–H groups in total. The summed E-state index contributed by atoms with van der Waals surface area (Å²) in [6, 6.07) is 0. The Hall–Kier alpha value is -1.13. The summed E-state index contributed by atoms with van der Waals surface area (Å²) >= 11 is 0. The van der Waals surface area contributed by atoms with Gasteiger partial charge in [-0.2, -0.15) is 0 Å². The van der Waals surface area contributed by atoms with Gasteiger partial charge in [0.15, 0.2) is 0 Å².